The molecular weight excluding hydrogens is 383 g/mol. The van der Waals surface area contributed by atoms with Crippen LogP contribution < -0.4 is 0 Å². The standard InChI is InChI=1S/C21H32F3N3O2/c1-9-17(21(22,23)24)18(15(4)25-10-2)16(5)27-12-11-26(13-14(27)3)19(28)29-20(6,7)8/h9-10,14H,2,11-13H2,1,3-8H3/b17-9+,18-16-,25-15-/t14-/m0/s1. The predicted molar refractivity (Wildman–Crippen MR) is 110 cm³/mol. The molecule has 1 aliphatic rings. The van der Waals surface area contributed by atoms with Gasteiger partial charge in [-0.15, -0.1) is 0 Å². The Morgan fingerprint density at radius 2 is 1.79 bits per heavy atom. The van der Waals surface area contributed by atoms with Crippen molar-refractivity contribution in [3.8, 4) is 0 Å². The molecule has 0 aromatic rings. The van der Waals surface area contributed by atoms with E-state index in [1.54, 1.807) is 32.6 Å². The van der Waals surface area contributed by atoms with Gasteiger partial charge in [-0.05, 0) is 48.5 Å². The van der Waals surface area contributed by atoms with Crippen LogP contribution in [0.25, 0.3) is 0 Å². The topological polar surface area (TPSA) is 45.1 Å². The lowest BCUT2D eigenvalue weighted by atomic mass is 9.97. The summed E-state index contributed by atoms with van der Waals surface area (Å²) in [4.78, 5) is 19.8. The Balaban J connectivity index is 3.25. The maximum absolute atomic E-state index is 13.6. The van der Waals surface area contributed by atoms with Crippen LogP contribution in [0.5, 0.6) is 0 Å². The number of halogens is 3. The molecule has 8 heteroatoms. The van der Waals surface area contributed by atoms with Crippen molar-refractivity contribution in [3.05, 3.63) is 35.7 Å². The van der Waals surface area contributed by atoms with Gasteiger partial charge in [-0.25, -0.2) is 4.79 Å². The Labute approximate surface area is 171 Å². The van der Waals surface area contributed by atoms with Crippen molar-refractivity contribution in [2.45, 2.75) is 66.3 Å². The minimum absolute atomic E-state index is 0.0393. The summed E-state index contributed by atoms with van der Waals surface area (Å²) in [5.41, 5.74) is -0.594. The van der Waals surface area contributed by atoms with Gasteiger partial charge in [-0.3, -0.25) is 4.99 Å². The first kappa shape index (κ1) is 24.8. The number of rotatable bonds is 4. The van der Waals surface area contributed by atoms with Gasteiger partial charge in [0, 0.05) is 48.9 Å². The van der Waals surface area contributed by atoms with Gasteiger partial charge >= 0.3 is 12.3 Å². The van der Waals surface area contributed by atoms with Gasteiger partial charge in [0.2, 0.25) is 0 Å². The van der Waals surface area contributed by atoms with Crippen LogP contribution in [-0.2, 0) is 4.74 Å². The molecule has 0 spiro atoms. The van der Waals surface area contributed by atoms with Crippen molar-refractivity contribution >= 4 is 11.8 Å². The van der Waals surface area contributed by atoms with Crippen molar-refractivity contribution in [2.24, 2.45) is 4.99 Å². The summed E-state index contributed by atoms with van der Waals surface area (Å²) in [7, 11) is 0. The van der Waals surface area contributed by atoms with E-state index in [0.29, 0.717) is 25.3 Å². The zero-order valence-electron chi connectivity index (χ0n) is 18.4. The third kappa shape index (κ3) is 6.65. The van der Waals surface area contributed by atoms with Gasteiger partial charge in [0.15, 0.2) is 0 Å². The first-order valence-corrected chi connectivity index (χ1v) is 9.58. The zero-order chi connectivity index (χ0) is 22.6. The molecule has 1 atom stereocenters. The van der Waals surface area contributed by atoms with Gasteiger partial charge in [0.25, 0.3) is 0 Å². The highest BCUT2D eigenvalue weighted by molar-refractivity contribution is 6.03. The number of hydrogen-bond acceptors (Lipinski definition) is 4. The summed E-state index contributed by atoms with van der Waals surface area (Å²) >= 11 is 0. The van der Waals surface area contributed by atoms with Gasteiger partial charge in [0.1, 0.15) is 5.60 Å². The number of carbonyl (C=O) groups is 1. The van der Waals surface area contributed by atoms with Crippen molar-refractivity contribution in [2.75, 3.05) is 19.6 Å². The molecule has 164 valence electrons. The normalized spacial score (nSPS) is 20.4. The molecule has 0 N–H and O–H groups in total. The van der Waals surface area contributed by atoms with Crippen molar-refractivity contribution in [1.29, 1.82) is 0 Å². The Hall–Kier alpha value is -2.25. The number of nitrogens with zero attached hydrogens (tertiary/aromatic N) is 3. The minimum atomic E-state index is -4.51. The van der Waals surface area contributed by atoms with Crippen molar-refractivity contribution in [1.82, 2.24) is 9.80 Å². The molecule has 0 unspecified atom stereocenters. The van der Waals surface area contributed by atoms with E-state index in [1.807, 2.05) is 11.8 Å². The molecule has 0 saturated carbocycles. The number of carbonyl (C=O) groups excluding carboxylic acids is 1. The molecule has 0 aromatic carbocycles. The molecule has 1 saturated heterocycles. The molecule has 1 heterocycles. The van der Waals surface area contributed by atoms with Gasteiger partial charge in [-0.2, -0.15) is 13.2 Å². The SMILES string of the molecule is C=C\N=C(C)/C(C(=C\C)/C(F)(F)F)=C(\C)N1CCN(C(=O)OC(C)(C)C)C[C@@H]1C. The fourth-order valence-electron chi connectivity index (χ4n) is 3.39. The lowest BCUT2D eigenvalue weighted by molar-refractivity contribution is -0.0891. The van der Waals surface area contributed by atoms with E-state index in [4.69, 9.17) is 4.74 Å². The first-order valence-electron chi connectivity index (χ1n) is 9.58. The molecule has 0 aliphatic carbocycles. The second-order valence-electron chi connectivity index (χ2n) is 8.03. The Morgan fingerprint density at radius 3 is 2.21 bits per heavy atom. The fraction of sp³-hybridized carbons (Fsp3) is 0.619. The van der Waals surface area contributed by atoms with Crippen LogP contribution in [0.2, 0.25) is 0 Å². The number of piperazine rings is 1. The Kier molecular flexibility index (Phi) is 8.12. The van der Waals surface area contributed by atoms with Crippen LogP contribution in [-0.4, -0.2) is 59.1 Å². The van der Waals surface area contributed by atoms with Gasteiger partial charge < -0.3 is 14.5 Å². The Morgan fingerprint density at radius 1 is 1.21 bits per heavy atom. The predicted octanol–water partition coefficient (Wildman–Crippen LogP) is 5.31. The van der Waals surface area contributed by atoms with E-state index in [-0.39, 0.29) is 17.3 Å². The molecule has 1 fully saturated rings. The number of alkyl halides is 3. The van der Waals surface area contributed by atoms with E-state index >= 15 is 0 Å². The number of allylic oxidation sites excluding steroid dienone is 4. The summed E-state index contributed by atoms with van der Waals surface area (Å²) in [6.45, 7) is 16.4. The quantitative estimate of drug-likeness (QED) is 0.461. The molecule has 0 aromatic heterocycles. The summed E-state index contributed by atoms with van der Waals surface area (Å²) in [5, 5.41) is 0. The van der Waals surface area contributed by atoms with E-state index in [9.17, 15) is 18.0 Å². The monoisotopic (exact) mass is 415 g/mol. The summed E-state index contributed by atoms with van der Waals surface area (Å²) in [6.07, 6.45) is -2.64. The Bertz CT molecular complexity index is 716. The highest BCUT2D eigenvalue weighted by Gasteiger charge is 2.39. The summed E-state index contributed by atoms with van der Waals surface area (Å²) in [5.74, 6) is 0. The summed E-state index contributed by atoms with van der Waals surface area (Å²) < 4.78 is 46.4. The average Bonchev–Trinajstić information content (AvgIpc) is 2.56. The fourth-order valence-corrected chi connectivity index (χ4v) is 3.39. The molecule has 1 aliphatic heterocycles. The number of aliphatic imine (C=N–C) groups is 1. The molecule has 0 radical (unpaired) electrons. The average molecular weight is 416 g/mol. The summed E-state index contributed by atoms with van der Waals surface area (Å²) in [6, 6.07) is -0.186. The van der Waals surface area contributed by atoms with Crippen LogP contribution >= 0.6 is 0 Å². The molecular formula is C21H32F3N3O2. The largest absolute Gasteiger partial charge is 0.444 e. The number of amides is 1. The van der Waals surface area contributed by atoms with Crippen LogP contribution in [0.3, 0.4) is 0 Å². The highest BCUT2D eigenvalue weighted by Crippen LogP contribution is 2.35. The van der Waals surface area contributed by atoms with Gasteiger partial charge in [-0.1, -0.05) is 12.7 Å². The van der Waals surface area contributed by atoms with Crippen LogP contribution in [0.1, 0.15) is 48.5 Å². The third-order valence-electron chi connectivity index (χ3n) is 4.58. The third-order valence-corrected chi connectivity index (χ3v) is 4.58. The minimum Gasteiger partial charge on any atom is -0.444 e. The van der Waals surface area contributed by atoms with E-state index in [0.717, 1.165) is 6.08 Å². The lowest BCUT2D eigenvalue weighted by Crippen LogP contribution is -2.54. The molecule has 29 heavy (non-hydrogen) atoms. The molecule has 1 amide bonds. The first-order chi connectivity index (χ1) is 13.2. The van der Waals surface area contributed by atoms with E-state index < -0.39 is 23.4 Å². The van der Waals surface area contributed by atoms with Crippen molar-refractivity contribution < 1.29 is 22.7 Å². The van der Waals surface area contributed by atoms with Crippen molar-refractivity contribution in [3.63, 3.8) is 0 Å². The van der Waals surface area contributed by atoms with E-state index in [2.05, 4.69) is 11.6 Å². The molecule has 1 rings (SSSR count). The number of ether oxygens (including phenoxy) is 1. The second kappa shape index (κ2) is 9.50. The van der Waals surface area contributed by atoms with Gasteiger partial charge in [0.05, 0.1) is 5.57 Å². The second-order valence-corrected chi connectivity index (χ2v) is 8.03. The van der Waals surface area contributed by atoms with Crippen LogP contribution in [0.4, 0.5) is 18.0 Å². The smallest absolute Gasteiger partial charge is 0.416 e. The van der Waals surface area contributed by atoms with Crippen LogP contribution in [0.15, 0.2) is 40.7 Å². The molecule has 5 nitrogen and oxygen atoms in total. The highest BCUT2D eigenvalue weighted by atomic mass is 19.4. The zero-order valence-corrected chi connectivity index (χ0v) is 18.4. The molecule has 0 bridgehead atoms. The lowest BCUT2D eigenvalue weighted by Gasteiger charge is -2.42. The number of hydrogen-bond donors (Lipinski definition) is 0. The maximum Gasteiger partial charge on any atom is 0.416 e. The van der Waals surface area contributed by atoms with Crippen LogP contribution in [0, 0.1) is 0 Å². The van der Waals surface area contributed by atoms with E-state index in [1.165, 1.54) is 20.0 Å². The maximum atomic E-state index is 13.6.